The number of carbonyl (C=O) groups excluding carboxylic acids is 2. The number of likely N-dealkylation sites (tertiary alicyclic amines) is 1. The maximum absolute atomic E-state index is 13.1. The van der Waals surface area contributed by atoms with E-state index in [1.807, 2.05) is 54.6 Å². The third-order valence-corrected chi connectivity index (χ3v) is 7.15. The van der Waals surface area contributed by atoms with E-state index < -0.39 is 17.7 Å². The van der Waals surface area contributed by atoms with Crippen molar-refractivity contribution in [1.29, 1.82) is 0 Å². The minimum Gasteiger partial charge on any atom is -0.448 e. The fourth-order valence-electron chi connectivity index (χ4n) is 4.99. The van der Waals surface area contributed by atoms with E-state index in [2.05, 4.69) is 29.6 Å². The first-order valence-corrected chi connectivity index (χ1v) is 11.6. The molecular formula is C28H28N2O4. The zero-order valence-electron chi connectivity index (χ0n) is 19.1. The van der Waals surface area contributed by atoms with Crippen molar-refractivity contribution in [1.82, 2.24) is 10.2 Å². The summed E-state index contributed by atoms with van der Waals surface area (Å²) in [6.07, 6.45) is 0.0432. The van der Waals surface area contributed by atoms with Crippen molar-refractivity contribution in [2.24, 2.45) is 0 Å². The molecular weight excluding hydrogens is 428 g/mol. The molecule has 34 heavy (non-hydrogen) atoms. The van der Waals surface area contributed by atoms with Crippen LogP contribution in [0.2, 0.25) is 0 Å². The van der Waals surface area contributed by atoms with Crippen molar-refractivity contribution in [3.63, 3.8) is 0 Å². The quantitative estimate of drug-likeness (QED) is 0.581. The predicted molar refractivity (Wildman–Crippen MR) is 129 cm³/mol. The fourth-order valence-corrected chi connectivity index (χ4v) is 4.99. The van der Waals surface area contributed by atoms with E-state index in [0.717, 1.165) is 16.7 Å². The molecule has 5 rings (SSSR count). The lowest BCUT2D eigenvalue weighted by molar-refractivity contribution is -0.140. The number of nitrogens with zero attached hydrogens (tertiary/aromatic N) is 1. The first kappa shape index (κ1) is 22.2. The Morgan fingerprint density at radius 3 is 2.15 bits per heavy atom. The van der Waals surface area contributed by atoms with Gasteiger partial charge in [-0.25, -0.2) is 4.79 Å². The van der Waals surface area contributed by atoms with Gasteiger partial charge in [0, 0.05) is 12.5 Å². The molecule has 1 aliphatic heterocycles. The summed E-state index contributed by atoms with van der Waals surface area (Å²) in [5.74, 6) is -0.329. The number of amides is 2. The first-order valence-electron chi connectivity index (χ1n) is 11.6. The molecule has 0 aromatic heterocycles. The molecule has 2 aliphatic rings. The predicted octanol–water partition coefficient (Wildman–Crippen LogP) is 4.25. The van der Waals surface area contributed by atoms with Gasteiger partial charge in [0.25, 0.3) is 0 Å². The number of carbonyl (C=O) groups is 2. The normalized spacial score (nSPS) is 19.5. The van der Waals surface area contributed by atoms with Crippen LogP contribution >= 0.6 is 0 Å². The van der Waals surface area contributed by atoms with Gasteiger partial charge in [0.15, 0.2) is 0 Å². The van der Waals surface area contributed by atoms with Gasteiger partial charge in [-0.15, -0.1) is 0 Å². The fraction of sp³-hybridized carbons (Fsp3) is 0.286. The van der Waals surface area contributed by atoms with Crippen molar-refractivity contribution < 1.29 is 19.4 Å². The average molecular weight is 457 g/mol. The van der Waals surface area contributed by atoms with Crippen LogP contribution in [0, 0.1) is 0 Å². The number of aliphatic hydroxyl groups excluding tert-OH is 1. The van der Waals surface area contributed by atoms with Gasteiger partial charge in [-0.05, 0) is 41.2 Å². The third kappa shape index (κ3) is 3.74. The Kier molecular flexibility index (Phi) is 5.84. The van der Waals surface area contributed by atoms with Gasteiger partial charge in [-0.2, -0.15) is 0 Å². The number of ether oxygens (including phenoxy) is 1. The van der Waals surface area contributed by atoms with Gasteiger partial charge in [-0.3, -0.25) is 9.69 Å². The summed E-state index contributed by atoms with van der Waals surface area (Å²) in [7, 11) is 0. The lowest BCUT2D eigenvalue weighted by Crippen LogP contribution is -2.67. The van der Waals surface area contributed by atoms with Crippen LogP contribution in [0.15, 0.2) is 78.9 Å². The Morgan fingerprint density at radius 2 is 1.59 bits per heavy atom. The van der Waals surface area contributed by atoms with E-state index in [4.69, 9.17) is 4.74 Å². The highest BCUT2D eigenvalue weighted by molar-refractivity contribution is 5.91. The Bertz CT molecular complexity index is 1170. The maximum Gasteiger partial charge on any atom is 0.410 e. The second-order valence-corrected chi connectivity index (χ2v) is 9.10. The minimum atomic E-state index is -1.01. The molecule has 0 unspecified atom stereocenters. The number of rotatable bonds is 6. The van der Waals surface area contributed by atoms with Gasteiger partial charge in [-0.1, -0.05) is 78.9 Å². The Labute approximate surface area is 199 Å². The molecule has 1 aliphatic carbocycles. The van der Waals surface area contributed by atoms with E-state index in [9.17, 15) is 14.7 Å². The molecule has 1 fully saturated rings. The van der Waals surface area contributed by atoms with Gasteiger partial charge < -0.3 is 15.2 Å². The van der Waals surface area contributed by atoms with Crippen molar-refractivity contribution in [2.75, 3.05) is 19.8 Å². The molecule has 2 amide bonds. The van der Waals surface area contributed by atoms with Crippen LogP contribution in [0.5, 0.6) is 0 Å². The molecule has 0 spiro atoms. The topological polar surface area (TPSA) is 78.9 Å². The first-order chi connectivity index (χ1) is 16.5. The number of hydrogen-bond acceptors (Lipinski definition) is 4. The van der Waals surface area contributed by atoms with E-state index in [0.29, 0.717) is 13.0 Å². The third-order valence-electron chi connectivity index (χ3n) is 7.15. The number of fused-ring (bicyclic) bond motifs is 3. The number of benzene rings is 3. The molecule has 1 heterocycles. The van der Waals surface area contributed by atoms with E-state index in [1.165, 1.54) is 16.0 Å². The summed E-state index contributed by atoms with van der Waals surface area (Å²) in [5, 5.41) is 12.7. The highest BCUT2D eigenvalue weighted by atomic mass is 16.6. The number of hydrogen-bond donors (Lipinski definition) is 2. The van der Waals surface area contributed by atoms with Crippen LogP contribution < -0.4 is 5.32 Å². The van der Waals surface area contributed by atoms with Gasteiger partial charge in [0.1, 0.15) is 12.1 Å². The summed E-state index contributed by atoms with van der Waals surface area (Å²) < 4.78 is 5.76. The number of nitrogens with one attached hydrogen (secondary N) is 1. The molecule has 6 nitrogen and oxygen atoms in total. The summed E-state index contributed by atoms with van der Waals surface area (Å²) >= 11 is 0. The second-order valence-electron chi connectivity index (χ2n) is 9.10. The summed E-state index contributed by atoms with van der Waals surface area (Å²) in [6, 6.07) is 25.2. The Balaban J connectivity index is 1.26. The zero-order chi connectivity index (χ0) is 23.7. The van der Waals surface area contributed by atoms with Crippen molar-refractivity contribution in [3.05, 3.63) is 95.6 Å². The molecule has 0 saturated carbocycles. The molecule has 3 aromatic rings. The molecule has 2 atom stereocenters. The molecule has 174 valence electrons. The van der Waals surface area contributed by atoms with Crippen LogP contribution in [0.4, 0.5) is 4.79 Å². The van der Waals surface area contributed by atoms with Crippen LogP contribution in [0.3, 0.4) is 0 Å². The van der Waals surface area contributed by atoms with Gasteiger partial charge in [0.05, 0.1) is 12.6 Å². The van der Waals surface area contributed by atoms with Gasteiger partial charge in [0.2, 0.25) is 5.91 Å². The van der Waals surface area contributed by atoms with Crippen molar-refractivity contribution >= 4 is 12.0 Å². The highest BCUT2D eigenvalue weighted by Crippen LogP contribution is 2.44. The summed E-state index contributed by atoms with van der Waals surface area (Å²) in [4.78, 5) is 27.6. The van der Waals surface area contributed by atoms with Crippen LogP contribution in [0.25, 0.3) is 11.1 Å². The minimum absolute atomic E-state index is 0.0328. The molecule has 3 aromatic carbocycles. The Morgan fingerprint density at radius 1 is 1.00 bits per heavy atom. The maximum atomic E-state index is 13.1. The molecule has 0 radical (unpaired) electrons. The average Bonchev–Trinajstić information content (AvgIpc) is 3.19. The largest absolute Gasteiger partial charge is 0.448 e. The second kappa shape index (κ2) is 8.95. The SMILES string of the molecule is C[C@@]1(C(=O)N[C@H](CO)c2ccccc2)CCN1C(=O)OCC1c2ccccc2-c2ccccc21. The van der Waals surface area contributed by atoms with Crippen molar-refractivity contribution in [2.45, 2.75) is 30.8 Å². The van der Waals surface area contributed by atoms with Crippen LogP contribution in [0.1, 0.15) is 42.0 Å². The molecule has 2 N–H and O–H groups in total. The van der Waals surface area contributed by atoms with E-state index >= 15 is 0 Å². The number of aliphatic hydroxyl groups is 1. The highest BCUT2D eigenvalue weighted by Gasteiger charge is 2.51. The smallest absolute Gasteiger partial charge is 0.410 e. The van der Waals surface area contributed by atoms with Crippen LogP contribution in [-0.4, -0.2) is 47.3 Å². The molecule has 6 heteroatoms. The molecule has 0 bridgehead atoms. The summed E-state index contributed by atoms with van der Waals surface area (Å²) in [5.41, 5.74) is 4.44. The van der Waals surface area contributed by atoms with Gasteiger partial charge >= 0.3 is 6.09 Å². The lowest BCUT2D eigenvalue weighted by atomic mass is 9.85. The van der Waals surface area contributed by atoms with Crippen molar-refractivity contribution in [3.8, 4) is 11.1 Å². The van der Waals surface area contributed by atoms with E-state index in [-0.39, 0.29) is 25.0 Å². The lowest BCUT2D eigenvalue weighted by Gasteiger charge is -2.48. The summed E-state index contributed by atoms with van der Waals surface area (Å²) in [6.45, 7) is 2.18. The monoisotopic (exact) mass is 456 g/mol. The molecule has 1 saturated heterocycles. The zero-order valence-corrected chi connectivity index (χ0v) is 19.1. The Hall–Kier alpha value is -3.64. The van der Waals surface area contributed by atoms with E-state index in [1.54, 1.807) is 6.92 Å². The van der Waals surface area contributed by atoms with Crippen LogP contribution in [-0.2, 0) is 9.53 Å². The standard InChI is InChI=1S/C28H28N2O4/c1-28(26(32)29-25(17-31)19-9-3-2-4-10-19)15-16-30(28)27(33)34-18-24-22-13-7-5-11-20(22)21-12-6-8-14-23(21)24/h2-14,24-25,31H,15-18H2,1H3,(H,29,32)/t25-,28+/m1/s1.